The molecule has 112 valence electrons. The zero-order valence-electron chi connectivity index (χ0n) is 12.1. The van der Waals surface area contributed by atoms with Crippen molar-refractivity contribution in [2.24, 2.45) is 0 Å². The van der Waals surface area contributed by atoms with Crippen LogP contribution in [0.3, 0.4) is 0 Å². The highest BCUT2D eigenvalue weighted by molar-refractivity contribution is 5.82. The van der Waals surface area contributed by atoms with Gasteiger partial charge in [-0.15, -0.1) is 0 Å². The summed E-state index contributed by atoms with van der Waals surface area (Å²) in [5.41, 5.74) is 2.53. The average Bonchev–Trinajstić information content (AvgIpc) is 2.90. The van der Waals surface area contributed by atoms with Crippen LogP contribution in [-0.4, -0.2) is 58.6 Å². The van der Waals surface area contributed by atoms with E-state index < -0.39 is 5.97 Å². The van der Waals surface area contributed by atoms with Crippen molar-refractivity contribution in [2.45, 2.75) is 13.0 Å². The van der Waals surface area contributed by atoms with E-state index in [2.05, 4.69) is 39.2 Å². The Labute approximate surface area is 124 Å². The molecule has 1 fully saturated rings. The van der Waals surface area contributed by atoms with E-state index in [4.69, 9.17) is 5.11 Å². The summed E-state index contributed by atoms with van der Waals surface area (Å²) in [5.74, 6) is -0.712. The van der Waals surface area contributed by atoms with Crippen molar-refractivity contribution in [3.8, 4) is 0 Å². The maximum atomic E-state index is 10.6. The highest BCUT2D eigenvalue weighted by atomic mass is 16.4. The fraction of sp³-hybridized carbons (Fsp3) is 0.438. The summed E-state index contributed by atoms with van der Waals surface area (Å²) >= 11 is 0. The number of hydrogen-bond acceptors (Lipinski definition) is 3. The third-order valence-electron chi connectivity index (χ3n) is 4.18. The molecular formula is C16H21N3O2. The number of aromatic amines is 1. The molecule has 5 heteroatoms. The van der Waals surface area contributed by atoms with Crippen LogP contribution >= 0.6 is 0 Å². The summed E-state index contributed by atoms with van der Waals surface area (Å²) in [4.78, 5) is 18.6. The van der Waals surface area contributed by atoms with Crippen LogP contribution in [0.1, 0.15) is 12.0 Å². The number of para-hydroxylation sites is 1. The second kappa shape index (κ2) is 6.28. The summed E-state index contributed by atoms with van der Waals surface area (Å²) in [6.07, 6.45) is 2.34. The lowest BCUT2D eigenvalue weighted by Gasteiger charge is -2.34. The van der Waals surface area contributed by atoms with Crippen molar-refractivity contribution in [3.05, 3.63) is 36.0 Å². The summed E-state index contributed by atoms with van der Waals surface area (Å²) in [6.45, 7) is 5.52. The van der Waals surface area contributed by atoms with E-state index in [1.807, 2.05) is 6.07 Å². The molecule has 0 aliphatic carbocycles. The number of carboxylic acids is 1. The molecule has 1 aliphatic rings. The molecule has 0 unspecified atom stereocenters. The fourth-order valence-corrected chi connectivity index (χ4v) is 2.93. The Morgan fingerprint density at radius 3 is 2.62 bits per heavy atom. The van der Waals surface area contributed by atoms with Crippen LogP contribution in [0.4, 0.5) is 0 Å². The summed E-state index contributed by atoms with van der Waals surface area (Å²) in [6, 6.07) is 8.38. The van der Waals surface area contributed by atoms with Crippen molar-refractivity contribution >= 4 is 16.9 Å². The molecule has 0 amide bonds. The van der Waals surface area contributed by atoms with Gasteiger partial charge in [0.15, 0.2) is 0 Å². The number of nitrogens with zero attached hydrogens (tertiary/aromatic N) is 2. The van der Waals surface area contributed by atoms with Gasteiger partial charge in [-0.3, -0.25) is 9.69 Å². The van der Waals surface area contributed by atoms with Crippen molar-refractivity contribution in [1.29, 1.82) is 0 Å². The van der Waals surface area contributed by atoms with Crippen molar-refractivity contribution in [3.63, 3.8) is 0 Å². The van der Waals surface area contributed by atoms with Gasteiger partial charge in [0, 0.05) is 56.4 Å². The molecule has 3 rings (SSSR count). The topological polar surface area (TPSA) is 59.6 Å². The molecule has 2 heterocycles. The van der Waals surface area contributed by atoms with Crippen LogP contribution in [0.5, 0.6) is 0 Å². The molecule has 0 spiro atoms. The van der Waals surface area contributed by atoms with E-state index >= 15 is 0 Å². The Hall–Kier alpha value is -1.85. The van der Waals surface area contributed by atoms with Crippen molar-refractivity contribution < 1.29 is 9.90 Å². The molecule has 0 radical (unpaired) electrons. The molecule has 1 saturated heterocycles. The van der Waals surface area contributed by atoms with Gasteiger partial charge >= 0.3 is 5.97 Å². The first-order valence-corrected chi connectivity index (χ1v) is 7.44. The Balaban J connectivity index is 1.54. The minimum atomic E-state index is -0.712. The molecule has 2 aromatic rings. The second-order valence-corrected chi connectivity index (χ2v) is 5.62. The Morgan fingerprint density at radius 1 is 1.14 bits per heavy atom. The second-order valence-electron chi connectivity index (χ2n) is 5.62. The van der Waals surface area contributed by atoms with Gasteiger partial charge in [-0.2, -0.15) is 0 Å². The Kier molecular flexibility index (Phi) is 4.22. The van der Waals surface area contributed by atoms with Gasteiger partial charge in [-0.25, -0.2) is 0 Å². The number of H-pyrrole nitrogens is 1. The highest BCUT2D eigenvalue weighted by Crippen LogP contribution is 2.19. The van der Waals surface area contributed by atoms with E-state index in [0.717, 1.165) is 32.7 Å². The lowest BCUT2D eigenvalue weighted by molar-refractivity contribution is -0.137. The lowest BCUT2D eigenvalue weighted by atomic mass is 10.1. The predicted molar refractivity (Wildman–Crippen MR) is 82.3 cm³/mol. The van der Waals surface area contributed by atoms with Crippen molar-refractivity contribution in [1.82, 2.24) is 14.8 Å². The summed E-state index contributed by atoms with van der Waals surface area (Å²) < 4.78 is 0. The predicted octanol–water partition coefficient (Wildman–Crippen LogP) is 1.76. The molecule has 0 atom stereocenters. The number of aromatic nitrogens is 1. The van der Waals surface area contributed by atoms with Gasteiger partial charge in [0.25, 0.3) is 0 Å². The smallest absolute Gasteiger partial charge is 0.304 e. The third kappa shape index (κ3) is 3.43. The SMILES string of the molecule is O=C(O)CCN1CCN(Cc2c[nH]c3ccccc23)CC1. The fourth-order valence-electron chi connectivity index (χ4n) is 2.93. The largest absolute Gasteiger partial charge is 0.481 e. The first kappa shape index (κ1) is 14.1. The molecule has 1 aromatic heterocycles. The van der Waals surface area contributed by atoms with Gasteiger partial charge < -0.3 is 15.0 Å². The molecule has 1 aromatic carbocycles. The number of rotatable bonds is 5. The van der Waals surface area contributed by atoms with Gasteiger partial charge in [-0.05, 0) is 11.6 Å². The number of aliphatic carboxylic acids is 1. The number of piperazine rings is 1. The molecule has 1 aliphatic heterocycles. The number of hydrogen-bond donors (Lipinski definition) is 2. The Morgan fingerprint density at radius 2 is 1.86 bits per heavy atom. The van der Waals surface area contributed by atoms with Crippen LogP contribution in [0.2, 0.25) is 0 Å². The monoisotopic (exact) mass is 287 g/mol. The zero-order chi connectivity index (χ0) is 14.7. The number of nitrogens with one attached hydrogen (secondary N) is 1. The van der Waals surface area contributed by atoms with E-state index in [-0.39, 0.29) is 6.42 Å². The average molecular weight is 287 g/mol. The number of carboxylic acid groups (broad SMARTS) is 1. The highest BCUT2D eigenvalue weighted by Gasteiger charge is 2.18. The molecule has 0 saturated carbocycles. The first-order chi connectivity index (χ1) is 10.2. The molecular weight excluding hydrogens is 266 g/mol. The molecule has 21 heavy (non-hydrogen) atoms. The first-order valence-electron chi connectivity index (χ1n) is 7.44. The van der Waals surface area contributed by atoms with E-state index in [0.29, 0.717) is 6.54 Å². The lowest BCUT2D eigenvalue weighted by Crippen LogP contribution is -2.46. The van der Waals surface area contributed by atoms with Gasteiger partial charge in [0.05, 0.1) is 6.42 Å². The number of benzene rings is 1. The maximum Gasteiger partial charge on any atom is 0.304 e. The summed E-state index contributed by atoms with van der Waals surface area (Å²) in [7, 11) is 0. The number of fused-ring (bicyclic) bond motifs is 1. The van der Waals surface area contributed by atoms with Crippen LogP contribution in [-0.2, 0) is 11.3 Å². The zero-order valence-corrected chi connectivity index (χ0v) is 12.1. The third-order valence-corrected chi connectivity index (χ3v) is 4.18. The Bertz CT molecular complexity index is 615. The van der Waals surface area contributed by atoms with Crippen LogP contribution in [0.15, 0.2) is 30.5 Å². The van der Waals surface area contributed by atoms with E-state index in [9.17, 15) is 4.79 Å². The normalized spacial score (nSPS) is 17.3. The van der Waals surface area contributed by atoms with Crippen LogP contribution in [0, 0.1) is 0 Å². The van der Waals surface area contributed by atoms with E-state index in [1.54, 1.807) is 0 Å². The van der Waals surface area contributed by atoms with Gasteiger partial charge in [-0.1, -0.05) is 18.2 Å². The molecule has 0 bridgehead atoms. The molecule has 5 nitrogen and oxygen atoms in total. The minimum Gasteiger partial charge on any atom is -0.481 e. The van der Waals surface area contributed by atoms with E-state index in [1.165, 1.54) is 16.5 Å². The molecule has 2 N–H and O–H groups in total. The number of carbonyl (C=O) groups is 1. The maximum absolute atomic E-state index is 10.6. The van der Waals surface area contributed by atoms with Crippen LogP contribution < -0.4 is 0 Å². The van der Waals surface area contributed by atoms with Crippen LogP contribution in [0.25, 0.3) is 10.9 Å². The van der Waals surface area contributed by atoms with Gasteiger partial charge in [0.2, 0.25) is 0 Å². The van der Waals surface area contributed by atoms with Gasteiger partial charge in [0.1, 0.15) is 0 Å². The standard InChI is InChI=1S/C16H21N3O2/c20-16(21)5-6-18-7-9-19(10-8-18)12-13-11-17-15-4-2-1-3-14(13)15/h1-4,11,17H,5-10,12H2,(H,20,21). The minimum absolute atomic E-state index is 0.239. The quantitative estimate of drug-likeness (QED) is 0.880. The summed E-state index contributed by atoms with van der Waals surface area (Å²) in [5, 5.41) is 10.0. The van der Waals surface area contributed by atoms with Crippen molar-refractivity contribution in [2.75, 3.05) is 32.7 Å².